The van der Waals surface area contributed by atoms with Gasteiger partial charge in [-0.3, -0.25) is 9.63 Å². The number of hydroxylamine groups is 2. The molecule has 4 nitrogen and oxygen atoms in total. The van der Waals surface area contributed by atoms with E-state index in [1.165, 1.54) is 5.06 Å². The molecule has 1 aliphatic heterocycles. The van der Waals surface area contributed by atoms with Gasteiger partial charge in [-0.15, -0.1) is 0 Å². The number of carbonyl (C=O) groups is 1. The third-order valence-corrected chi connectivity index (χ3v) is 5.09. The first-order chi connectivity index (χ1) is 12.3. The Bertz CT molecular complexity index is 714. The van der Waals surface area contributed by atoms with Crippen molar-refractivity contribution in [1.82, 2.24) is 5.06 Å². The van der Waals surface area contributed by atoms with Crippen LogP contribution in [0.3, 0.4) is 0 Å². The Morgan fingerprint density at radius 3 is 2.68 bits per heavy atom. The second-order valence-corrected chi connectivity index (χ2v) is 6.81. The predicted octanol–water partition coefficient (Wildman–Crippen LogP) is 4.06. The Labute approximate surface area is 148 Å². The van der Waals surface area contributed by atoms with Gasteiger partial charge in [-0.25, -0.2) is 0 Å². The molecule has 4 rings (SSSR count). The molecule has 25 heavy (non-hydrogen) atoms. The van der Waals surface area contributed by atoms with Crippen molar-refractivity contribution in [3.63, 3.8) is 0 Å². The van der Waals surface area contributed by atoms with E-state index in [0.29, 0.717) is 6.61 Å². The van der Waals surface area contributed by atoms with Gasteiger partial charge in [0.05, 0.1) is 5.70 Å². The molecular weight excluding hydrogens is 314 g/mol. The van der Waals surface area contributed by atoms with Crippen molar-refractivity contribution in [1.29, 1.82) is 0 Å². The summed E-state index contributed by atoms with van der Waals surface area (Å²) in [7, 11) is 0. The maximum absolute atomic E-state index is 13.3. The second-order valence-electron chi connectivity index (χ2n) is 6.81. The topological polar surface area (TPSA) is 38.8 Å². The lowest BCUT2D eigenvalue weighted by Gasteiger charge is -2.46. The zero-order valence-electron chi connectivity index (χ0n) is 14.3. The first kappa shape index (κ1) is 16.3. The number of morpholine rings is 1. The molecule has 1 unspecified atom stereocenters. The van der Waals surface area contributed by atoms with E-state index in [2.05, 4.69) is 0 Å². The molecule has 0 bridgehead atoms. The van der Waals surface area contributed by atoms with Gasteiger partial charge in [0.1, 0.15) is 12.7 Å². The van der Waals surface area contributed by atoms with Crippen LogP contribution in [0.25, 0.3) is 0 Å². The fourth-order valence-corrected chi connectivity index (χ4v) is 3.76. The zero-order chi connectivity index (χ0) is 17.1. The smallest absolute Gasteiger partial charge is 0.282 e. The van der Waals surface area contributed by atoms with E-state index in [0.717, 1.165) is 43.4 Å². The van der Waals surface area contributed by atoms with E-state index >= 15 is 0 Å². The molecular formula is C21H23NO3. The summed E-state index contributed by atoms with van der Waals surface area (Å²) in [5.41, 5.74) is 1.05. The average molecular weight is 337 g/mol. The number of nitrogens with zero attached hydrogens (tertiary/aromatic N) is 1. The van der Waals surface area contributed by atoms with E-state index in [1.807, 2.05) is 60.7 Å². The zero-order valence-corrected chi connectivity index (χ0v) is 14.3. The normalized spacial score (nSPS) is 24.8. The molecule has 0 N–H and O–H groups in total. The number of amides is 1. The minimum Gasteiger partial charge on any atom is -0.351 e. The predicted molar refractivity (Wildman–Crippen MR) is 95.1 cm³/mol. The van der Waals surface area contributed by atoms with E-state index in [-0.39, 0.29) is 12.0 Å². The van der Waals surface area contributed by atoms with Crippen LogP contribution in [-0.2, 0) is 21.0 Å². The summed E-state index contributed by atoms with van der Waals surface area (Å²) in [6.45, 7) is 0.361. The number of benzene rings is 1. The fourth-order valence-electron chi connectivity index (χ4n) is 3.76. The van der Waals surface area contributed by atoms with Crippen LogP contribution in [0.4, 0.5) is 0 Å². The lowest BCUT2D eigenvalue weighted by molar-refractivity contribution is -0.232. The highest BCUT2D eigenvalue weighted by Gasteiger charge is 2.51. The molecule has 1 saturated carbocycles. The number of carbonyl (C=O) groups excluding carboxylic acids is 1. The molecule has 2 fully saturated rings. The highest BCUT2D eigenvalue weighted by molar-refractivity contribution is 5.87. The van der Waals surface area contributed by atoms with Gasteiger partial charge in [0.2, 0.25) is 0 Å². The van der Waals surface area contributed by atoms with Crippen LogP contribution in [0.2, 0.25) is 0 Å². The number of hydrogen-bond acceptors (Lipinski definition) is 3. The molecule has 2 aliphatic carbocycles. The van der Waals surface area contributed by atoms with Gasteiger partial charge < -0.3 is 4.74 Å². The Morgan fingerprint density at radius 1 is 1.08 bits per heavy atom. The second kappa shape index (κ2) is 6.98. The van der Waals surface area contributed by atoms with Crippen molar-refractivity contribution in [2.75, 3.05) is 0 Å². The molecule has 1 aromatic carbocycles. The Kier molecular flexibility index (Phi) is 4.55. The number of rotatable bonds is 3. The summed E-state index contributed by atoms with van der Waals surface area (Å²) in [6.07, 6.45) is 14.2. The highest BCUT2D eigenvalue weighted by atomic mass is 16.7. The first-order valence-corrected chi connectivity index (χ1v) is 9.03. The number of allylic oxidation sites excluding steroid dienone is 4. The van der Waals surface area contributed by atoms with Gasteiger partial charge >= 0.3 is 0 Å². The molecule has 1 spiro atoms. The van der Waals surface area contributed by atoms with Gasteiger partial charge in [-0.05, 0) is 30.6 Å². The van der Waals surface area contributed by atoms with Crippen LogP contribution in [0.1, 0.15) is 37.7 Å². The van der Waals surface area contributed by atoms with Crippen LogP contribution in [0, 0.1) is 0 Å². The SMILES string of the molecule is O=C1N(OCc2ccccc2)C2=CC=CC=CC2OC12CCCCC2. The summed E-state index contributed by atoms with van der Waals surface area (Å²) in [4.78, 5) is 19.3. The Balaban J connectivity index is 1.62. The lowest BCUT2D eigenvalue weighted by Crippen LogP contribution is -2.58. The van der Waals surface area contributed by atoms with Crippen molar-refractivity contribution in [3.8, 4) is 0 Å². The molecule has 1 atom stereocenters. The van der Waals surface area contributed by atoms with Crippen LogP contribution in [0.5, 0.6) is 0 Å². The number of hydrogen-bond donors (Lipinski definition) is 0. The summed E-state index contributed by atoms with van der Waals surface area (Å²) in [6, 6.07) is 9.92. The summed E-state index contributed by atoms with van der Waals surface area (Å²) in [5, 5.41) is 1.49. The van der Waals surface area contributed by atoms with Crippen molar-refractivity contribution >= 4 is 5.91 Å². The Hall–Kier alpha value is -2.17. The van der Waals surface area contributed by atoms with Crippen molar-refractivity contribution in [2.24, 2.45) is 0 Å². The van der Waals surface area contributed by atoms with E-state index < -0.39 is 5.60 Å². The third kappa shape index (κ3) is 3.20. The molecule has 1 aromatic rings. The highest BCUT2D eigenvalue weighted by Crippen LogP contribution is 2.41. The largest absolute Gasteiger partial charge is 0.351 e. The van der Waals surface area contributed by atoms with Crippen molar-refractivity contribution in [3.05, 3.63) is 72.0 Å². The van der Waals surface area contributed by atoms with E-state index in [4.69, 9.17) is 9.57 Å². The molecule has 0 aromatic heterocycles. The minimum atomic E-state index is -0.744. The minimum absolute atomic E-state index is 0.0608. The monoisotopic (exact) mass is 337 g/mol. The van der Waals surface area contributed by atoms with E-state index in [9.17, 15) is 4.79 Å². The summed E-state index contributed by atoms with van der Waals surface area (Å²) >= 11 is 0. The number of fused-ring (bicyclic) bond motifs is 1. The maximum Gasteiger partial charge on any atom is 0.282 e. The molecule has 130 valence electrons. The van der Waals surface area contributed by atoms with Crippen molar-refractivity contribution in [2.45, 2.75) is 50.4 Å². The molecule has 1 heterocycles. The van der Waals surface area contributed by atoms with Crippen LogP contribution in [0.15, 0.2) is 66.4 Å². The average Bonchev–Trinajstić information content (AvgIpc) is 2.89. The van der Waals surface area contributed by atoms with Crippen LogP contribution in [-0.4, -0.2) is 22.7 Å². The van der Waals surface area contributed by atoms with Gasteiger partial charge in [-0.2, -0.15) is 5.06 Å². The van der Waals surface area contributed by atoms with Crippen LogP contribution >= 0.6 is 0 Å². The van der Waals surface area contributed by atoms with Gasteiger partial charge in [0, 0.05) is 0 Å². The summed E-state index contributed by atoms with van der Waals surface area (Å²) in [5.74, 6) is -0.0608. The fraction of sp³-hybridized carbons (Fsp3) is 0.381. The van der Waals surface area contributed by atoms with Gasteiger partial charge in [0.25, 0.3) is 5.91 Å². The van der Waals surface area contributed by atoms with E-state index in [1.54, 1.807) is 0 Å². The molecule has 1 amide bonds. The summed E-state index contributed by atoms with van der Waals surface area (Å²) < 4.78 is 6.33. The van der Waals surface area contributed by atoms with Gasteiger partial charge in [0.15, 0.2) is 5.60 Å². The third-order valence-electron chi connectivity index (χ3n) is 5.09. The molecule has 3 aliphatic rings. The lowest BCUT2D eigenvalue weighted by atomic mass is 9.82. The molecule has 1 saturated heterocycles. The molecule has 0 radical (unpaired) electrons. The standard InChI is InChI=1S/C21H23NO3/c23-20-21(14-8-3-9-15-21)25-19-13-7-2-6-12-18(19)22(20)24-16-17-10-4-1-5-11-17/h1-2,4-7,10-13,19H,3,8-9,14-16H2. The van der Waals surface area contributed by atoms with Crippen molar-refractivity contribution < 1.29 is 14.4 Å². The first-order valence-electron chi connectivity index (χ1n) is 9.03. The molecule has 4 heteroatoms. The maximum atomic E-state index is 13.3. The Morgan fingerprint density at radius 2 is 1.88 bits per heavy atom. The quantitative estimate of drug-likeness (QED) is 0.835. The number of ether oxygens (including phenoxy) is 1. The van der Waals surface area contributed by atoms with Crippen LogP contribution < -0.4 is 0 Å². The van der Waals surface area contributed by atoms with Gasteiger partial charge in [-0.1, -0.05) is 67.8 Å².